The Morgan fingerprint density at radius 3 is 1.17 bits per heavy atom. The van der Waals surface area contributed by atoms with E-state index in [1.807, 2.05) is 0 Å². The Hall–Kier alpha value is -2.18. The van der Waals surface area contributed by atoms with E-state index in [0.717, 1.165) is 0 Å². The third-order valence-electron chi connectivity index (χ3n) is 3.45. The van der Waals surface area contributed by atoms with Crippen LogP contribution in [0.2, 0.25) is 0 Å². The van der Waals surface area contributed by atoms with E-state index in [1.54, 1.807) is 36.4 Å². The van der Waals surface area contributed by atoms with Gasteiger partial charge in [0.1, 0.15) is 0 Å². The zero-order valence-electron chi connectivity index (χ0n) is 13.4. The minimum absolute atomic E-state index is 0.0562. The van der Waals surface area contributed by atoms with Crippen LogP contribution in [-0.2, 0) is 19.7 Å². The molecule has 0 N–H and O–H groups in total. The standard InChI is InChI=1S/C18H18O4S2/c1-3-17(23(19,20)15-11-7-5-8-12-15)18(4-2)24(21,22)16-13-9-6-10-14-16/h3-14H,1-2H3/b17-3+,18-4+. The molecule has 126 valence electrons. The van der Waals surface area contributed by atoms with Gasteiger partial charge >= 0.3 is 0 Å². The first-order valence-corrected chi connectivity index (χ1v) is 10.3. The van der Waals surface area contributed by atoms with Gasteiger partial charge in [0.2, 0.25) is 19.7 Å². The van der Waals surface area contributed by atoms with Gasteiger partial charge in [-0.3, -0.25) is 0 Å². The van der Waals surface area contributed by atoms with Crippen molar-refractivity contribution in [3.63, 3.8) is 0 Å². The van der Waals surface area contributed by atoms with Crippen LogP contribution in [0.3, 0.4) is 0 Å². The molecule has 0 fully saturated rings. The molecule has 2 rings (SSSR count). The third kappa shape index (κ3) is 3.34. The van der Waals surface area contributed by atoms with E-state index in [9.17, 15) is 16.8 Å². The summed E-state index contributed by atoms with van der Waals surface area (Å²) < 4.78 is 51.5. The smallest absolute Gasteiger partial charge is 0.207 e. The molecule has 2 aromatic rings. The molecule has 0 amide bonds. The Morgan fingerprint density at radius 1 is 0.625 bits per heavy atom. The predicted molar refractivity (Wildman–Crippen MR) is 94.8 cm³/mol. The average Bonchev–Trinajstić information content (AvgIpc) is 2.60. The van der Waals surface area contributed by atoms with Crippen molar-refractivity contribution in [2.75, 3.05) is 0 Å². The minimum atomic E-state index is -3.94. The fraction of sp³-hybridized carbons (Fsp3) is 0.111. The number of benzene rings is 2. The number of hydrogen-bond acceptors (Lipinski definition) is 4. The summed E-state index contributed by atoms with van der Waals surface area (Å²) in [7, 11) is -7.88. The molecule has 6 heteroatoms. The molecule has 0 saturated heterocycles. The van der Waals surface area contributed by atoms with Crippen molar-refractivity contribution in [2.24, 2.45) is 0 Å². The number of rotatable bonds is 5. The van der Waals surface area contributed by atoms with Crippen LogP contribution >= 0.6 is 0 Å². The monoisotopic (exact) mass is 362 g/mol. The van der Waals surface area contributed by atoms with Gasteiger partial charge < -0.3 is 0 Å². The Labute approximate surface area is 143 Å². The van der Waals surface area contributed by atoms with Crippen LogP contribution in [0.15, 0.2) is 92.4 Å². The zero-order chi connectivity index (χ0) is 17.8. The molecule has 0 aliphatic carbocycles. The molecule has 4 nitrogen and oxygen atoms in total. The lowest BCUT2D eigenvalue weighted by Gasteiger charge is -2.13. The third-order valence-corrected chi connectivity index (χ3v) is 7.44. The highest BCUT2D eigenvalue weighted by Gasteiger charge is 2.31. The quantitative estimate of drug-likeness (QED) is 0.760. The van der Waals surface area contributed by atoms with Crippen LogP contribution in [0.4, 0.5) is 0 Å². The summed E-state index contributed by atoms with van der Waals surface area (Å²) in [6.07, 6.45) is 2.64. The molecular formula is C18H18O4S2. The summed E-state index contributed by atoms with van der Waals surface area (Å²) in [5, 5.41) is 0. The molecular weight excluding hydrogens is 344 g/mol. The van der Waals surface area contributed by atoms with Crippen LogP contribution in [0, 0.1) is 0 Å². The highest BCUT2D eigenvalue weighted by atomic mass is 32.2. The van der Waals surface area contributed by atoms with Gasteiger partial charge in [-0.15, -0.1) is 0 Å². The molecule has 0 aliphatic rings. The van der Waals surface area contributed by atoms with Crippen LogP contribution in [0.1, 0.15) is 13.8 Å². The highest BCUT2D eigenvalue weighted by molar-refractivity contribution is 8.00. The van der Waals surface area contributed by atoms with Gasteiger partial charge in [0.15, 0.2) is 0 Å². The lowest BCUT2D eigenvalue weighted by Crippen LogP contribution is -2.14. The predicted octanol–water partition coefficient (Wildman–Crippen LogP) is 3.74. The Kier molecular flexibility index (Phi) is 5.41. The molecule has 0 saturated carbocycles. The van der Waals surface area contributed by atoms with Gasteiger partial charge in [0.05, 0.1) is 19.6 Å². The van der Waals surface area contributed by atoms with Crippen molar-refractivity contribution in [2.45, 2.75) is 23.6 Å². The normalized spacial score (nSPS) is 13.8. The molecule has 0 bridgehead atoms. The van der Waals surface area contributed by atoms with Gasteiger partial charge in [0.25, 0.3) is 0 Å². The fourth-order valence-electron chi connectivity index (χ4n) is 2.31. The second kappa shape index (κ2) is 7.15. The number of sulfone groups is 2. The first-order chi connectivity index (χ1) is 11.4. The first-order valence-electron chi connectivity index (χ1n) is 7.29. The summed E-state index contributed by atoms with van der Waals surface area (Å²) in [4.78, 5) is -0.332. The van der Waals surface area contributed by atoms with Crippen LogP contribution in [-0.4, -0.2) is 16.8 Å². The van der Waals surface area contributed by atoms with Gasteiger partial charge in [-0.05, 0) is 38.1 Å². The lowest BCUT2D eigenvalue weighted by molar-refractivity contribution is 0.596. The topological polar surface area (TPSA) is 68.3 Å². The Morgan fingerprint density at radius 2 is 0.917 bits per heavy atom. The minimum Gasteiger partial charge on any atom is -0.218 e. The van der Waals surface area contributed by atoms with Crippen molar-refractivity contribution in [1.29, 1.82) is 0 Å². The molecule has 0 unspecified atom stereocenters. The second-order valence-electron chi connectivity index (χ2n) is 4.94. The SMILES string of the molecule is C/C=C(\C(=C/C)S(=O)(=O)c1ccccc1)S(=O)(=O)c1ccccc1. The summed E-state index contributed by atoms with van der Waals surface area (Å²) in [5.74, 6) is 0. The fourth-order valence-corrected chi connectivity index (χ4v) is 5.90. The van der Waals surface area contributed by atoms with Crippen molar-refractivity contribution in [3.8, 4) is 0 Å². The first kappa shape index (κ1) is 18.2. The molecule has 0 aromatic heterocycles. The molecule has 0 spiro atoms. The van der Waals surface area contributed by atoms with Crippen LogP contribution in [0.5, 0.6) is 0 Å². The van der Waals surface area contributed by atoms with Crippen molar-refractivity contribution < 1.29 is 16.8 Å². The van der Waals surface area contributed by atoms with E-state index in [2.05, 4.69) is 0 Å². The highest BCUT2D eigenvalue weighted by Crippen LogP contribution is 2.32. The van der Waals surface area contributed by atoms with E-state index < -0.39 is 19.7 Å². The molecule has 24 heavy (non-hydrogen) atoms. The maximum atomic E-state index is 12.9. The maximum Gasteiger partial charge on any atom is 0.207 e. The van der Waals surface area contributed by atoms with Gasteiger partial charge in [-0.25, -0.2) is 16.8 Å². The zero-order valence-corrected chi connectivity index (χ0v) is 15.0. The molecule has 0 atom stereocenters. The van der Waals surface area contributed by atoms with Crippen molar-refractivity contribution in [3.05, 3.63) is 82.6 Å². The van der Waals surface area contributed by atoms with Gasteiger partial charge in [-0.2, -0.15) is 0 Å². The van der Waals surface area contributed by atoms with Crippen LogP contribution in [0.25, 0.3) is 0 Å². The molecule has 0 radical (unpaired) electrons. The Balaban J connectivity index is 2.62. The van der Waals surface area contributed by atoms with Crippen LogP contribution < -0.4 is 0 Å². The van der Waals surface area contributed by atoms with E-state index in [0.29, 0.717) is 0 Å². The van der Waals surface area contributed by atoms with Crippen molar-refractivity contribution >= 4 is 19.7 Å². The van der Waals surface area contributed by atoms with Crippen molar-refractivity contribution in [1.82, 2.24) is 0 Å². The molecule has 2 aromatic carbocycles. The maximum absolute atomic E-state index is 12.9. The molecule has 0 aliphatic heterocycles. The lowest BCUT2D eigenvalue weighted by atomic mass is 10.4. The largest absolute Gasteiger partial charge is 0.218 e. The summed E-state index contributed by atoms with van der Waals surface area (Å²) in [6.45, 7) is 3.03. The number of hydrogen-bond donors (Lipinski definition) is 0. The van der Waals surface area contributed by atoms with E-state index in [1.165, 1.54) is 50.3 Å². The second-order valence-corrected chi connectivity index (χ2v) is 8.78. The van der Waals surface area contributed by atoms with E-state index in [-0.39, 0.29) is 19.6 Å². The summed E-state index contributed by atoms with van der Waals surface area (Å²) >= 11 is 0. The van der Waals surface area contributed by atoms with E-state index in [4.69, 9.17) is 0 Å². The average molecular weight is 362 g/mol. The van der Waals surface area contributed by atoms with Gasteiger partial charge in [0, 0.05) is 0 Å². The van der Waals surface area contributed by atoms with Gasteiger partial charge in [-0.1, -0.05) is 48.6 Å². The Bertz CT molecular complexity index is 886. The van der Waals surface area contributed by atoms with E-state index >= 15 is 0 Å². The molecule has 0 heterocycles. The summed E-state index contributed by atoms with van der Waals surface area (Å²) in [5.41, 5.74) is 0. The number of allylic oxidation sites excluding steroid dienone is 2. The summed E-state index contributed by atoms with van der Waals surface area (Å²) in [6, 6.07) is 15.6.